The SMILES string of the molecule is COc1c(C)c(/C=C/C=C/C=C/C(C)=C/[C@@]2(C)O[C@@H](C)[C@@](C)(O)[C@@H]2O)oc(=O)c1C. The molecule has 2 heterocycles. The maximum absolute atomic E-state index is 11.9. The molecule has 30 heavy (non-hydrogen) atoms. The maximum Gasteiger partial charge on any atom is 0.342 e. The molecule has 1 aliphatic heterocycles. The summed E-state index contributed by atoms with van der Waals surface area (Å²) in [6.07, 6.45) is 11.2. The second kappa shape index (κ2) is 9.16. The van der Waals surface area contributed by atoms with E-state index in [1.54, 1.807) is 39.8 Å². The maximum atomic E-state index is 11.9. The summed E-state index contributed by atoms with van der Waals surface area (Å²) >= 11 is 0. The predicted molar refractivity (Wildman–Crippen MR) is 118 cm³/mol. The average molecular weight is 417 g/mol. The topological polar surface area (TPSA) is 89.1 Å². The average Bonchev–Trinajstić information content (AvgIpc) is 2.81. The first-order valence-corrected chi connectivity index (χ1v) is 9.91. The van der Waals surface area contributed by atoms with E-state index in [0.717, 1.165) is 11.1 Å². The van der Waals surface area contributed by atoms with Gasteiger partial charge in [0.2, 0.25) is 0 Å². The molecular weight excluding hydrogens is 384 g/mol. The molecule has 0 spiro atoms. The summed E-state index contributed by atoms with van der Waals surface area (Å²) in [5, 5.41) is 20.8. The van der Waals surface area contributed by atoms with Crippen LogP contribution in [0.15, 0.2) is 51.2 Å². The molecule has 0 bridgehead atoms. The van der Waals surface area contributed by atoms with Crippen molar-refractivity contribution in [3.63, 3.8) is 0 Å². The van der Waals surface area contributed by atoms with Crippen LogP contribution in [-0.4, -0.2) is 40.7 Å². The van der Waals surface area contributed by atoms with Crippen molar-refractivity contribution in [3.8, 4) is 5.75 Å². The molecular formula is C24H32O6. The fraction of sp³-hybridized carbons (Fsp3) is 0.458. The third kappa shape index (κ3) is 4.83. The van der Waals surface area contributed by atoms with Crippen molar-refractivity contribution in [2.75, 3.05) is 7.11 Å². The molecule has 0 saturated carbocycles. The molecule has 6 nitrogen and oxygen atoms in total. The summed E-state index contributed by atoms with van der Waals surface area (Å²) in [6, 6.07) is 0. The van der Waals surface area contributed by atoms with Crippen LogP contribution in [0, 0.1) is 13.8 Å². The van der Waals surface area contributed by atoms with Crippen molar-refractivity contribution in [1.82, 2.24) is 0 Å². The fourth-order valence-corrected chi connectivity index (χ4v) is 3.66. The van der Waals surface area contributed by atoms with Crippen molar-refractivity contribution in [2.45, 2.75) is 65.0 Å². The zero-order valence-electron chi connectivity index (χ0n) is 18.7. The predicted octanol–water partition coefficient (Wildman–Crippen LogP) is 3.63. The highest BCUT2D eigenvalue weighted by atomic mass is 16.6. The molecule has 1 fully saturated rings. The van der Waals surface area contributed by atoms with E-state index < -0.39 is 29.0 Å². The van der Waals surface area contributed by atoms with Crippen molar-refractivity contribution in [1.29, 1.82) is 0 Å². The Morgan fingerprint density at radius 2 is 1.77 bits per heavy atom. The van der Waals surface area contributed by atoms with Gasteiger partial charge in [-0.2, -0.15) is 0 Å². The highest BCUT2D eigenvalue weighted by molar-refractivity contribution is 5.54. The summed E-state index contributed by atoms with van der Waals surface area (Å²) in [7, 11) is 1.53. The molecule has 1 aromatic rings. The smallest absolute Gasteiger partial charge is 0.342 e. The highest BCUT2D eigenvalue weighted by Gasteiger charge is 2.55. The summed E-state index contributed by atoms with van der Waals surface area (Å²) < 4.78 is 16.4. The first-order chi connectivity index (χ1) is 13.9. The van der Waals surface area contributed by atoms with E-state index in [1.165, 1.54) is 7.11 Å². The summed E-state index contributed by atoms with van der Waals surface area (Å²) in [5.41, 5.74) is -0.567. The van der Waals surface area contributed by atoms with Gasteiger partial charge in [-0.3, -0.25) is 0 Å². The molecule has 1 aromatic heterocycles. The molecule has 0 aromatic carbocycles. The van der Waals surface area contributed by atoms with Crippen LogP contribution in [0.5, 0.6) is 5.75 Å². The van der Waals surface area contributed by atoms with Gasteiger partial charge in [-0.05, 0) is 53.7 Å². The lowest BCUT2D eigenvalue weighted by atomic mass is 9.86. The molecule has 2 rings (SSSR count). The highest BCUT2D eigenvalue weighted by Crippen LogP contribution is 2.39. The molecule has 2 N–H and O–H groups in total. The van der Waals surface area contributed by atoms with Crippen molar-refractivity contribution < 1.29 is 24.1 Å². The standard InChI is InChI=1S/C24H32O6/c1-15(14-23(5)22(26)24(6,27)18(4)30-23)12-10-8-9-11-13-19-16(2)20(28-7)17(3)21(25)29-19/h8-14,18,22,26-27H,1-7H3/b9-8+,12-10+,13-11+,15-14+/t18-,22+,23+,24+/m0/s1. The Morgan fingerprint density at radius 3 is 2.33 bits per heavy atom. The van der Waals surface area contributed by atoms with Crippen LogP contribution in [0.4, 0.5) is 0 Å². The molecule has 164 valence electrons. The second-order valence-corrected chi connectivity index (χ2v) is 8.10. The number of aliphatic hydroxyl groups excluding tert-OH is 1. The van der Waals surface area contributed by atoms with Gasteiger partial charge in [0.1, 0.15) is 28.8 Å². The Bertz CT molecular complexity index is 947. The van der Waals surface area contributed by atoms with E-state index in [9.17, 15) is 15.0 Å². The Hall–Kier alpha value is -2.41. The molecule has 0 unspecified atom stereocenters. The lowest BCUT2D eigenvalue weighted by Gasteiger charge is -2.28. The van der Waals surface area contributed by atoms with Crippen LogP contribution in [0.3, 0.4) is 0 Å². The molecule has 1 aliphatic rings. The van der Waals surface area contributed by atoms with E-state index in [1.807, 2.05) is 44.2 Å². The first-order valence-electron chi connectivity index (χ1n) is 9.91. The van der Waals surface area contributed by atoms with Crippen LogP contribution >= 0.6 is 0 Å². The molecule has 0 amide bonds. The monoisotopic (exact) mass is 416 g/mol. The number of ether oxygens (including phenoxy) is 2. The Balaban J connectivity index is 2.07. The van der Waals surface area contributed by atoms with Crippen molar-refractivity contribution in [2.24, 2.45) is 0 Å². The lowest BCUT2D eigenvalue weighted by molar-refractivity contribution is -0.0579. The van der Waals surface area contributed by atoms with Crippen LogP contribution in [0.2, 0.25) is 0 Å². The number of aliphatic hydroxyl groups is 2. The van der Waals surface area contributed by atoms with Crippen molar-refractivity contribution in [3.05, 3.63) is 69.3 Å². The van der Waals surface area contributed by atoms with Crippen LogP contribution in [0.25, 0.3) is 6.08 Å². The quantitative estimate of drug-likeness (QED) is 0.689. The van der Waals surface area contributed by atoms with Gasteiger partial charge in [0.15, 0.2) is 0 Å². The largest absolute Gasteiger partial charge is 0.496 e. The van der Waals surface area contributed by atoms with Crippen molar-refractivity contribution >= 4 is 6.08 Å². The third-order valence-electron chi connectivity index (χ3n) is 5.57. The van der Waals surface area contributed by atoms with Gasteiger partial charge in [-0.15, -0.1) is 0 Å². The van der Waals surface area contributed by atoms with E-state index in [2.05, 4.69) is 0 Å². The van der Waals surface area contributed by atoms with Gasteiger partial charge >= 0.3 is 5.63 Å². The number of allylic oxidation sites excluding steroid dienone is 6. The molecule has 6 heteroatoms. The van der Waals surface area contributed by atoms with Crippen LogP contribution in [0.1, 0.15) is 44.6 Å². The van der Waals surface area contributed by atoms with E-state index in [4.69, 9.17) is 13.9 Å². The van der Waals surface area contributed by atoms with Gasteiger partial charge < -0.3 is 24.1 Å². The second-order valence-electron chi connectivity index (χ2n) is 8.10. The normalized spacial score (nSPS) is 30.2. The number of hydrogen-bond acceptors (Lipinski definition) is 6. The van der Waals surface area contributed by atoms with Crippen LogP contribution < -0.4 is 10.4 Å². The number of methoxy groups -OCH3 is 1. The zero-order valence-corrected chi connectivity index (χ0v) is 18.7. The summed E-state index contributed by atoms with van der Waals surface area (Å²) in [4.78, 5) is 11.9. The van der Waals surface area contributed by atoms with Gasteiger partial charge in [0, 0.05) is 5.56 Å². The molecule has 1 saturated heterocycles. The number of rotatable bonds is 6. The molecule has 0 radical (unpaired) electrons. The minimum absolute atomic E-state index is 0.417. The Labute approximate surface area is 177 Å². The first kappa shape index (κ1) is 23.9. The van der Waals surface area contributed by atoms with Crippen LogP contribution in [-0.2, 0) is 4.74 Å². The number of hydrogen-bond donors (Lipinski definition) is 2. The Kier molecular flexibility index (Phi) is 7.29. The summed E-state index contributed by atoms with van der Waals surface area (Å²) in [6.45, 7) is 10.5. The lowest BCUT2D eigenvalue weighted by Crippen LogP contribution is -2.47. The van der Waals surface area contributed by atoms with E-state index in [0.29, 0.717) is 17.1 Å². The molecule has 0 aliphatic carbocycles. The van der Waals surface area contributed by atoms with Gasteiger partial charge in [0.05, 0.1) is 18.8 Å². The molecule has 4 atom stereocenters. The zero-order chi connectivity index (χ0) is 22.7. The van der Waals surface area contributed by atoms with E-state index in [-0.39, 0.29) is 0 Å². The minimum Gasteiger partial charge on any atom is -0.496 e. The van der Waals surface area contributed by atoms with Gasteiger partial charge in [-0.25, -0.2) is 4.79 Å². The Morgan fingerprint density at radius 1 is 1.13 bits per heavy atom. The third-order valence-corrected chi connectivity index (χ3v) is 5.57. The minimum atomic E-state index is -1.30. The fourth-order valence-electron chi connectivity index (χ4n) is 3.66. The van der Waals surface area contributed by atoms with Gasteiger partial charge in [0.25, 0.3) is 0 Å². The summed E-state index contributed by atoms with van der Waals surface area (Å²) in [5.74, 6) is 0.988. The van der Waals surface area contributed by atoms with Gasteiger partial charge in [-0.1, -0.05) is 36.0 Å². The van der Waals surface area contributed by atoms with E-state index >= 15 is 0 Å².